The number of aryl methyl sites for hydroxylation is 2. The van der Waals surface area contributed by atoms with Crippen LogP contribution in [0.3, 0.4) is 0 Å². The van der Waals surface area contributed by atoms with Gasteiger partial charge in [-0.05, 0) is 24.8 Å². The molecule has 0 saturated heterocycles. The van der Waals surface area contributed by atoms with E-state index >= 15 is 0 Å². The quantitative estimate of drug-likeness (QED) is 0.596. The normalized spacial score (nSPS) is 9.67. The van der Waals surface area contributed by atoms with Crippen molar-refractivity contribution in [3.8, 4) is 0 Å². The first-order chi connectivity index (χ1) is 7.20. The van der Waals surface area contributed by atoms with Crippen molar-refractivity contribution in [2.45, 2.75) is 27.7 Å². The molecule has 80 valence electrons. The summed E-state index contributed by atoms with van der Waals surface area (Å²) >= 11 is 6.02. The molecule has 1 aromatic heterocycles. The van der Waals surface area contributed by atoms with Gasteiger partial charge in [0.1, 0.15) is 5.15 Å². The third-order valence-electron chi connectivity index (χ3n) is 2.36. The second kappa shape index (κ2) is 5.13. The number of rotatable bonds is 0. The van der Waals surface area contributed by atoms with E-state index in [1.165, 1.54) is 10.9 Å². The van der Waals surface area contributed by atoms with Crippen molar-refractivity contribution in [1.82, 2.24) is 4.98 Å². The van der Waals surface area contributed by atoms with Crippen molar-refractivity contribution in [1.29, 1.82) is 0 Å². The summed E-state index contributed by atoms with van der Waals surface area (Å²) in [6.45, 7) is 8.05. The van der Waals surface area contributed by atoms with Crippen LogP contribution in [0.15, 0.2) is 24.3 Å². The number of benzene rings is 1. The van der Waals surface area contributed by atoms with Crippen LogP contribution in [0.5, 0.6) is 0 Å². The van der Waals surface area contributed by atoms with Crippen LogP contribution in [0.25, 0.3) is 10.8 Å². The van der Waals surface area contributed by atoms with E-state index in [1.54, 1.807) is 0 Å². The van der Waals surface area contributed by atoms with Gasteiger partial charge in [-0.3, -0.25) is 0 Å². The van der Waals surface area contributed by atoms with Crippen LogP contribution < -0.4 is 0 Å². The summed E-state index contributed by atoms with van der Waals surface area (Å²) in [4.78, 5) is 4.27. The molecule has 0 bridgehead atoms. The minimum absolute atomic E-state index is 0.596. The minimum atomic E-state index is 0.596. The summed E-state index contributed by atoms with van der Waals surface area (Å²) in [5, 5.41) is 2.82. The summed E-state index contributed by atoms with van der Waals surface area (Å²) in [6, 6.07) is 8.07. The van der Waals surface area contributed by atoms with Gasteiger partial charge in [-0.25, -0.2) is 4.98 Å². The third-order valence-corrected chi connectivity index (χ3v) is 2.65. The van der Waals surface area contributed by atoms with Gasteiger partial charge in [-0.2, -0.15) is 0 Å². The molecule has 0 N–H and O–H groups in total. The summed E-state index contributed by atoms with van der Waals surface area (Å²) in [5.41, 5.74) is 2.21. The molecule has 1 aromatic carbocycles. The van der Waals surface area contributed by atoms with Gasteiger partial charge in [0.25, 0.3) is 0 Å². The van der Waals surface area contributed by atoms with Gasteiger partial charge in [0, 0.05) is 11.1 Å². The first-order valence-electron chi connectivity index (χ1n) is 5.21. The Kier molecular flexibility index (Phi) is 4.10. The van der Waals surface area contributed by atoms with Gasteiger partial charge in [0.2, 0.25) is 0 Å². The van der Waals surface area contributed by atoms with Crippen molar-refractivity contribution < 1.29 is 0 Å². The van der Waals surface area contributed by atoms with Crippen LogP contribution in [-0.4, -0.2) is 4.98 Å². The molecule has 0 fully saturated rings. The highest BCUT2D eigenvalue weighted by molar-refractivity contribution is 6.34. The van der Waals surface area contributed by atoms with Crippen molar-refractivity contribution in [2.24, 2.45) is 0 Å². The fourth-order valence-corrected chi connectivity index (χ4v) is 1.77. The topological polar surface area (TPSA) is 12.9 Å². The second-order valence-corrected chi connectivity index (χ2v) is 3.52. The predicted molar refractivity (Wildman–Crippen MR) is 67.6 cm³/mol. The Morgan fingerprint density at radius 1 is 1.00 bits per heavy atom. The average Bonchev–Trinajstić information content (AvgIpc) is 2.29. The first kappa shape index (κ1) is 12.0. The highest BCUT2D eigenvalue weighted by Crippen LogP contribution is 2.25. The van der Waals surface area contributed by atoms with Crippen LogP contribution in [0.2, 0.25) is 5.15 Å². The predicted octanol–water partition coefficient (Wildman–Crippen LogP) is 4.53. The highest BCUT2D eigenvalue weighted by Gasteiger charge is 2.04. The van der Waals surface area contributed by atoms with Crippen LogP contribution in [0.1, 0.15) is 25.1 Å². The van der Waals surface area contributed by atoms with Gasteiger partial charge in [-0.1, -0.05) is 49.7 Å². The zero-order valence-electron chi connectivity index (χ0n) is 9.63. The molecule has 0 spiro atoms. The average molecular weight is 222 g/mol. The molecule has 1 nitrogen and oxygen atoms in total. The van der Waals surface area contributed by atoms with Crippen molar-refractivity contribution >= 4 is 22.4 Å². The van der Waals surface area contributed by atoms with Crippen LogP contribution in [0.4, 0.5) is 0 Å². The molecule has 0 aliphatic carbocycles. The molecule has 0 atom stereocenters. The SMILES string of the molecule is CC.Cc1nc(Cl)c2ccccc2c1C. The van der Waals surface area contributed by atoms with Gasteiger partial charge >= 0.3 is 0 Å². The van der Waals surface area contributed by atoms with Crippen molar-refractivity contribution in [2.75, 3.05) is 0 Å². The number of fused-ring (bicyclic) bond motifs is 1. The van der Waals surface area contributed by atoms with Gasteiger partial charge < -0.3 is 0 Å². The number of aromatic nitrogens is 1. The third kappa shape index (κ3) is 2.29. The molecular weight excluding hydrogens is 206 g/mol. The Hall–Kier alpha value is -1.08. The van der Waals surface area contributed by atoms with Crippen LogP contribution >= 0.6 is 11.6 Å². The van der Waals surface area contributed by atoms with E-state index in [9.17, 15) is 0 Å². The molecule has 0 amide bonds. The van der Waals surface area contributed by atoms with Crippen molar-refractivity contribution in [3.05, 3.63) is 40.7 Å². The molecule has 1 heterocycles. The second-order valence-electron chi connectivity index (χ2n) is 3.16. The van der Waals surface area contributed by atoms with E-state index < -0.39 is 0 Å². The van der Waals surface area contributed by atoms with E-state index in [2.05, 4.69) is 18.0 Å². The van der Waals surface area contributed by atoms with E-state index in [-0.39, 0.29) is 0 Å². The highest BCUT2D eigenvalue weighted by atomic mass is 35.5. The monoisotopic (exact) mass is 221 g/mol. The molecule has 0 saturated carbocycles. The lowest BCUT2D eigenvalue weighted by Crippen LogP contribution is -1.89. The Bertz CT molecular complexity index is 463. The number of halogens is 1. The molecule has 0 radical (unpaired) electrons. The summed E-state index contributed by atoms with van der Waals surface area (Å²) in [5.74, 6) is 0. The van der Waals surface area contributed by atoms with Crippen molar-refractivity contribution in [3.63, 3.8) is 0 Å². The molecule has 0 aliphatic rings. The zero-order valence-corrected chi connectivity index (χ0v) is 10.4. The standard InChI is InChI=1S/C11H10ClN.C2H6/c1-7-8(2)13-11(12)10-6-4-3-5-9(7)10;1-2/h3-6H,1-2H3;1-2H3. The lowest BCUT2D eigenvalue weighted by molar-refractivity contribution is 1.18. The molecule has 2 heteroatoms. The maximum absolute atomic E-state index is 6.02. The van der Waals surface area contributed by atoms with E-state index in [0.717, 1.165) is 11.1 Å². The molecule has 15 heavy (non-hydrogen) atoms. The molecule has 2 rings (SSSR count). The number of nitrogens with zero attached hydrogens (tertiary/aromatic N) is 1. The van der Waals surface area contributed by atoms with Crippen LogP contribution in [-0.2, 0) is 0 Å². The Balaban J connectivity index is 0.000000531. The molecule has 2 aromatic rings. The number of hydrogen-bond acceptors (Lipinski definition) is 1. The Morgan fingerprint density at radius 3 is 2.13 bits per heavy atom. The van der Waals surface area contributed by atoms with E-state index in [0.29, 0.717) is 5.15 Å². The molecule has 0 aliphatic heterocycles. The molecular formula is C13H16ClN. The van der Waals surface area contributed by atoms with Gasteiger partial charge in [0.15, 0.2) is 0 Å². The summed E-state index contributed by atoms with van der Waals surface area (Å²) < 4.78 is 0. The maximum Gasteiger partial charge on any atom is 0.137 e. The smallest absolute Gasteiger partial charge is 0.137 e. The van der Waals surface area contributed by atoms with Gasteiger partial charge in [-0.15, -0.1) is 0 Å². The summed E-state index contributed by atoms with van der Waals surface area (Å²) in [7, 11) is 0. The Labute approximate surface area is 96.1 Å². The largest absolute Gasteiger partial charge is 0.240 e. The Morgan fingerprint density at radius 2 is 1.53 bits per heavy atom. The number of pyridine rings is 1. The van der Waals surface area contributed by atoms with E-state index in [1.807, 2.05) is 39.0 Å². The maximum atomic E-state index is 6.02. The number of hydrogen-bond donors (Lipinski definition) is 0. The van der Waals surface area contributed by atoms with Gasteiger partial charge in [0.05, 0.1) is 0 Å². The first-order valence-corrected chi connectivity index (χ1v) is 5.59. The fraction of sp³-hybridized carbons (Fsp3) is 0.308. The van der Waals surface area contributed by atoms with Crippen LogP contribution in [0, 0.1) is 13.8 Å². The zero-order chi connectivity index (χ0) is 11.4. The van der Waals surface area contributed by atoms with E-state index in [4.69, 9.17) is 11.6 Å². The minimum Gasteiger partial charge on any atom is -0.240 e. The lowest BCUT2D eigenvalue weighted by Gasteiger charge is -2.05. The lowest BCUT2D eigenvalue weighted by atomic mass is 10.1. The fourth-order valence-electron chi connectivity index (χ4n) is 1.48. The molecule has 0 unspecified atom stereocenters. The summed E-state index contributed by atoms with van der Waals surface area (Å²) in [6.07, 6.45) is 0.